The van der Waals surface area contributed by atoms with E-state index in [1.807, 2.05) is 6.07 Å². The maximum Gasteiger partial charge on any atom is 0.264 e. The van der Waals surface area contributed by atoms with Crippen molar-refractivity contribution in [3.8, 4) is 0 Å². The molecule has 4 aromatic carbocycles. The number of sulfonamides is 2. The van der Waals surface area contributed by atoms with E-state index >= 15 is 0 Å². The molecule has 2 aliphatic heterocycles. The van der Waals surface area contributed by atoms with Crippen molar-refractivity contribution in [2.24, 2.45) is 0 Å². The zero-order valence-electron chi connectivity index (χ0n) is 22.1. The highest BCUT2D eigenvalue weighted by Gasteiger charge is 2.32. The highest BCUT2D eigenvalue weighted by atomic mass is 35.5. The smallest absolute Gasteiger partial charge is 0.264 e. The largest absolute Gasteiger partial charge is 0.322 e. The predicted molar refractivity (Wildman–Crippen MR) is 165 cm³/mol. The first-order chi connectivity index (χ1) is 20.0. The first kappa shape index (κ1) is 28.5. The van der Waals surface area contributed by atoms with Crippen molar-refractivity contribution >= 4 is 66.2 Å². The lowest BCUT2D eigenvalue weighted by molar-refractivity contribution is 0.102. The molecule has 1 N–H and O–H groups in total. The summed E-state index contributed by atoms with van der Waals surface area (Å²) in [6.45, 7) is 0.617. The number of aryl methyl sites for hydroxylation is 1. The van der Waals surface area contributed by atoms with E-state index in [0.717, 1.165) is 11.1 Å². The normalized spacial score (nSPS) is 14.8. The molecule has 0 aromatic heterocycles. The van der Waals surface area contributed by atoms with Crippen molar-refractivity contribution in [1.82, 2.24) is 0 Å². The van der Waals surface area contributed by atoms with Crippen LogP contribution < -0.4 is 13.9 Å². The van der Waals surface area contributed by atoms with Crippen molar-refractivity contribution in [1.29, 1.82) is 0 Å². The lowest BCUT2D eigenvalue weighted by Gasteiger charge is -2.30. The van der Waals surface area contributed by atoms with Crippen LogP contribution in [0.3, 0.4) is 0 Å². The molecule has 0 unspecified atom stereocenters. The SMILES string of the molecule is O=C(Nc1ccc2c(c1)N(S(=O)(=O)c1ccc(Cl)cc1)CC2)c1ccc2c(c1)CCCN2S(=O)(=O)c1ccc(Cl)cc1. The van der Waals surface area contributed by atoms with Crippen molar-refractivity contribution in [3.05, 3.63) is 112 Å². The van der Waals surface area contributed by atoms with E-state index in [2.05, 4.69) is 5.32 Å². The fraction of sp³-hybridized carbons (Fsp3) is 0.167. The average molecular weight is 643 g/mol. The standard InChI is InChI=1S/C30H25Cl2N3O5S2/c31-23-5-10-26(11-6-23)41(37,38)34-16-1-2-21-18-22(4-14-28(21)34)30(36)33-25-9-3-20-15-17-35(29(20)19-25)42(39,40)27-12-7-24(32)8-13-27/h3-14,18-19H,1-2,15-17H2,(H,33,36). The number of amides is 1. The van der Waals surface area contributed by atoms with Crippen LogP contribution >= 0.6 is 23.2 Å². The van der Waals surface area contributed by atoms with E-state index in [1.165, 1.54) is 57.1 Å². The van der Waals surface area contributed by atoms with Gasteiger partial charge >= 0.3 is 0 Å². The molecule has 6 rings (SSSR count). The Hall–Kier alpha value is -3.57. The van der Waals surface area contributed by atoms with Gasteiger partial charge in [0.05, 0.1) is 21.2 Å². The molecule has 8 nitrogen and oxygen atoms in total. The van der Waals surface area contributed by atoms with Crippen molar-refractivity contribution in [2.45, 2.75) is 29.1 Å². The average Bonchev–Trinajstić information content (AvgIpc) is 3.41. The molecular formula is C30H25Cl2N3O5S2. The summed E-state index contributed by atoms with van der Waals surface area (Å²) in [5.41, 5.74) is 3.47. The third-order valence-corrected chi connectivity index (χ3v) is 11.6. The lowest BCUT2D eigenvalue weighted by Crippen LogP contribution is -2.35. The third kappa shape index (κ3) is 5.24. The second-order valence-corrected chi connectivity index (χ2v) is 14.7. The molecule has 4 aromatic rings. The van der Waals surface area contributed by atoms with Crippen LogP contribution in [0.1, 0.15) is 27.9 Å². The Morgan fingerprint density at radius 2 is 1.24 bits per heavy atom. The Morgan fingerprint density at radius 3 is 1.86 bits per heavy atom. The van der Waals surface area contributed by atoms with Crippen LogP contribution in [0.5, 0.6) is 0 Å². The Morgan fingerprint density at radius 1 is 0.643 bits per heavy atom. The summed E-state index contributed by atoms with van der Waals surface area (Å²) in [6.07, 6.45) is 1.78. The Balaban J connectivity index is 1.24. The first-order valence-corrected chi connectivity index (χ1v) is 16.8. The zero-order chi connectivity index (χ0) is 29.6. The maximum absolute atomic E-state index is 13.4. The Labute approximate surface area is 254 Å². The molecule has 12 heteroatoms. The number of halogens is 2. The third-order valence-electron chi connectivity index (χ3n) is 7.42. The predicted octanol–water partition coefficient (Wildman–Crippen LogP) is 6.14. The summed E-state index contributed by atoms with van der Waals surface area (Å²) >= 11 is 11.9. The van der Waals surface area contributed by atoms with E-state index < -0.39 is 20.0 Å². The summed E-state index contributed by atoms with van der Waals surface area (Å²) in [5, 5.41) is 3.75. The van der Waals surface area contributed by atoms with Crippen molar-refractivity contribution in [3.63, 3.8) is 0 Å². The molecule has 1 amide bonds. The van der Waals surface area contributed by atoms with Crippen LogP contribution in [0.4, 0.5) is 17.1 Å². The van der Waals surface area contributed by atoms with Crippen molar-refractivity contribution in [2.75, 3.05) is 27.0 Å². The van der Waals surface area contributed by atoms with E-state index in [9.17, 15) is 21.6 Å². The minimum atomic E-state index is -3.81. The van der Waals surface area contributed by atoms with Gasteiger partial charge < -0.3 is 5.32 Å². The summed E-state index contributed by atoms with van der Waals surface area (Å²) < 4.78 is 56.1. The van der Waals surface area contributed by atoms with Crippen LogP contribution in [0.2, 0.25) is 10.0 Å². The number of benzene rings is 4. The topological polar surface area (TPSA) is 104 Å². The minimum Gasteiger partial charge on any atom is -0.322 e. The van der Waals surface area contributed by atoms with Gasteiger partial charge in [0.1, 0.15) is 0 Å². The molecule has 0 saturated heterocycles. The molecule has 0 atom stereocenters. The van der Waals surface area contributed by atoms with E-state index in [1.54, 1.807) is 30.3 Å². The number of anilines is 3. The van der Waals surface area contributed by atoms with Gasteiger partial charge in [-0.2, -0.15) is 0 Å². The number of nitrogens with one attached hydrogen (secondary N) is 1. The van der Waals surface area contributed by atoms with Gasteiger partial charge in [-0.25, -0.2) is 16.8 Å². The maximum atomic E-state index is 13.4. The number of carbonyl (C=O) groups is 1. The molecule has 0 aliphatic carbocycles. The number of hydrogen-bond acceptors (Lipinski definition) is 5. The molecule has 216 valence electrons. The second-order valence-electron chi connectivity index (χ2n) is 10.1. The van der Waals surface area contributed by atoms with Gasteiger partial charge in [0.2, 0.25) is 0 Å². The number of fused-ring (bicyclic) bond motifs is 2. The fourth-order valence-corrected chi connectivity index (χ4v) is 8.59. The highest BCUT2D eigenvalue weighted by Crippen LogP contribution is 2.36. The molecule has 2 aliphatic rings. The number of hydrogen-bond donors (Lipinski definition) is 1. The summed E-state index contributed by atoms with van der Waals surface area (Å²) in [6, 6.07) is 22.2. The van der Waals surface area contributed by atoms with Gasteiger partial charge in [0.25, 0.3) is 26.0 Å². The van der Waals surface area contributed by atoms with Crippen LogP contribution in [-0.4, -0.2) is 35.8 Å². The molecule has 0 fully saturated rings. The molecule has 0 saturated carbocycles. The lowest BCUT2D eigenvalue weighted by atomic mass is 10.0. The van der Waals surface area contributed by atoms with Crippen LogP contribution in [0.25, 0.3) is 0 Å². The van der Waals surface area contributed by atoms with Crippen molar-refractivity contribution < 1.29 is 21.6 Å². The van der Waals surface area contributed by atoms with Crippen LogP contribution in [0.15, 0.2) is 94.7 Å². The molecular weight excluding hydrogens is 617 g/mol. The zero-order valence-corrected chi connectivity index (χ0v) is 25.3. The molecule has 0 spiro atoms. The molecule has 42 heavy (non-hydrogen) atoms. The number of carbonyl (C=O) groups excluding carboxylic acids is 1. The highest BCUT2D eigenvalue weighted by molar-refractivity contribution is 7.93. The van der Waals surface area contributed by atoms with Gasteiger partial charge in [-0.1, -0.05) is 29.3 Å². The summed E-state index contributed by atoms with van der Waals surface area (Å²) in [7, 11) is -7.62. The van der Waals surface area contributed by atoms with Gasteiger partial charge in [-0.3, -0.25) is 13.4 Å². The molecule has 0 radical (unpaired) electrons. The quantitative estimate of drug-likeness (QED) is 0.272. The molecule has 2 heterocycles. The van der Waals surface area contributed by atoms with Gasteiger partial charge in [-0.05, 0) is 109 Å². The van der Waals surface area contributed by atoms with Gasteiger partial charge in [0, 0.05) is 34.4 Å². The summed E-state index contributed by atoms with van der Waals surface area (Å²) in [4.78, 5) is 13.5. The first-order valence-electron chi connectivity index (χ1n) is 13.2. The van der Waals surface area contributed by atoms with E-state index in [4.69, 9.17) is 23.2 Å². The molecule has 0 bridgehead atoms. The summed E-state index contributed by atoms with van der Waals surface area (Å²) in [5.74, 6) is -0.388. The number of rotatable bonds is 6. The fourth-order valence-electron chi connectivity index (χ4n) is 5.30. The van der Waals surface area contributed by atoms with Crippen LogP contribution in [0, 0.1) is 0 Å². The van der Waals surface area contributed by atoms with Crippen LogP contribution in [-0.2, 0) is 32.9 Å². The van der Waals surface area contributed by atoms with E-state index in [0.29, 0.717) is 58.5 Å². The second kappa shape index (κ2) is 10.9. The van der Waals surface area contributed by atoms with Gasteiger partial charge in [0.15, 0.2) is 0 Å². The van der Waals surface area contributed by atoms with E-state index in [-0.39, 0.29) is 22.2 Å². The minimum absolute atomic E-state index is 0.135. The Bertz CT molecular complexity index is 1910. The number of nitrogens with zero attached hydrogens (tertiary/aromatic N) is 2. The Kier molecular flexibility index (Phi) is 7.43. The van der Waals surface area contributed by atoms with Gasteiger partial charge in [-0.15, -0.1) is 0 Å². The monoisotopic (exact) mass is 641 g/mol.